The van der Waals surface area contributed by atoms with E-state index in [0.717, 1.165) is 5.56 Å². The highest BCUT2D eigenvalue weighted by molar-refractivity contribution is 7.89. The second-order valence-electron chi connectivity index (χ2n) is 5.75. The van der Waals surface area contributed by atoms with Crippen molar-refractivity contribution < 1.29 is 17.9 Å². The van der Waals surface area contributed by atoms with Gasteiger partial charge in [-0.25, -0.2) is 13.1 Å². The van der Waals surface area contributed by atoms with Gasteiger partial charge in [0.1, 0.15) is 0 Å². The van der Waals surface area contributed by atoms with Crippen LogP contribution >= 0.6 is 0 Å². The van der Waals surface area contributed by atoms with E-state index in [2.05, 4.69) is 15.0 Å². The molecule has 25 heavy (non-hydrogen) atoms. The van der Waals surface area contributed by atoms with Crippen LogP contribution in [-0.4, -0.2) is 38.6 Å². The third-order valence-corrected chi connectivity index (χ3v) is 5.39. The largest absolute Gasteiger partial charge is 0.380 e. The van der Waals surface area contributed by atoms with Gasteiger partial charge in [0.05, 0.1) is 11.5 Å². The first kappa shape index (κ1) is 17.5. The van der Waals surface area contributed by atoms with Gasteiger partial charge >= 0.3 is 0 Å². The number of carbonyl (C=O) groups is 1. The molecule has 1 aromatic carbocycles. The molecule has 0 saturated carbocycles. The van der Waals surface area contributed by atoms with E-state index in [0.29, 0.717) is 31.7 Å². The molecule has 2 aromatic rings. The van der Waals surface area contributed by atoms with Crippen molar-refractivity contribution in [3.63, 3.8) is 0 Å². The second-order valence-corrected chi connectivity index (χ2v) is 7.46. The Balaban J connectivity index is 1.62. The Labute approximate surface area is 146 Å². The van der Waals surface area contributed by atoms with Gasteiger partial charge < -0.3 is 10.1 Å². The van der Waals surface area contributed by atoms with Crippen LogP contribution in [0.5, 0.6) is 0 Å². The number of ether oxygens (including phenoxy) is 1. The smallest absolute Gasteiger partial charge is 0.251 e. The van der Waals surface area contributed by atoms with Crippen LogP contribution in [0.15, 0.2) is 53.7 Å². The topological polar surface area (TPSA) is 97.4 Å². The van der Waals surface area contributed by atoms with Crippen molar-refractivity contribution in [3.05, 3.63) is 59.9 Å². The van der Waals surface area contributed by atoms with E-state index in [1.807, 2.05) is 6.07 Å². The molecule has 7 nitrogen and oxygen atoms in total. The molecule has 1 unspecified atom stereocenters. The maximum absolute atomic E-state index is 12.3. The van der Waals surface area contributed by atoms with E-state index in [1.165, 1.54) is 24.3 Å². The van der Waals surface area contributed by atoms with Crippen molar-refractivity contribution in [1.29, 1.82) is 0 Å². The molecule has 1 aliphatic rings. The molecule has 1 aliphatic heterocycles. The van der Waals surface area contributed by atoms with Crippen LogP contribution in [0.25, 0.3) is 0 Å². The minimum atomic E-state index is -3.61. The van der Waals surface area contributed by atoms with Crippen LogP contribution in [0.2, 0.25) is 0 Å². The number of pyridine rings is 1. The van der Waals surface area contributed by atoms with Gasteiger partial charge in [0.2, 0.25) is 10.0 Å². The van der Waals surface area contributed by atoms with Crippen molar-refractivity contribution in [1.82, 2.24) is 15.0 Å². The number of sulfonamides is 1. The summed E-state index contributed by atoms with van der Waals surface area (Å²) in [6, 6.07) is 9.31. The first-order valence-electron chi connectivity index (χ1n) is 7.92. The summed E-state index contributed by atoms with van der Waals surface area (Å²) in [7, 11) is -3.61. The predicted molar refractivity (Wildman–Crippen MR) is 91.4 cm³/mol. The average Bonchev–Trinajstić information content (AvgIpc) is 3.13. The number of nitrogens with one attached hydrogen (secondary N) is 2. The highest BCUT2D eigenvalue weighted by atomic mass is 32.2. The van der Waals surface area contributed by atoms with Gasteiger partial charge in [-0.1, -0.05) is 6.07 Å². The normalized spacial score (nSPS) is 17.4. The quantitative estimate of drug-likeness (QED) is 0.802. The molecule has 3 rings (SSSR count). The fraction of sp³-hybridized carbons (Fsp3) is 0.294. The van der Waals surface area contributed by atoms with Gasteiger partial charge in [0, 0.05) is 37.2 Å². The molecule has 1 atom stereocenters. The summed E-state index contributed by atoms with van der Waals surface area (Å²) in [5.41, 5.74) is 1.28. The Morgan fingerprint density at radius 2 is 2.04 bits per heavy atom. The van der Waals surface area contributed by atoms with E-state index in [9.17, 15) is 13.2 Å². The number of hydrogen-bond donors (Lipinski definition) is 2. The molecule has 2 heterocycles. The number of benzene rings is 1. The predicted octanol–water partition coefficient (Wildman–Crippen LogP) is 1.08. The zero-order valence-electron chi connectivity index (χ0n) is 13.5. The van der Waals surface area contributed by atoms with Gasteiger partial charge in [-0.3, -0.25) is 9.78 Å². The van der Waals surface area contributed by atoms with E-state index in [4.69, 9.17) is 4.74 Å². The molecular weight excluding hydrogens is 342 g/mol. The lowest BCUT2D eigenvalue weighted by Gasteiger charge is -2.12. The molecular formula is C17H19N3O4S. The van der Waals surface area contributed by atoms with Crippen LogP contribution in [-0.2, 0) is 21.3 Å². The van der Waals surface area contributed by atoms with Crippen LogP contribution in [0.1, 0.15) is 22.3 Å². The molecule has 8 heteroatoms. The molecule has 0 radical (unpaired) electrons. The number of carbonyl (C=O) groups excluding carboxylic acids is 1. The van der Waals surface area contributed by atoms with E-state index >= 15 is 0 Å². The number of hydrogen-bond acceptors (Lipinski definition) is 5. The van der Waals surface area contributed by atoms with Crippen LogP contribution in [0.3, 0.4) is 0 Å². The standard InChI is InChI=1S/C17H19N3O4S/c21-17(19-11-13-2-1-8-18-10-13)14-3-5-16(6-4-14)25(22,23)20-15-7-9-24-12-15/h1-6,8,10,15,20H,7,9,11-12H2,(H,19,21). The lowest BCUT2D eigenvalue weighted by molar-refractivity contribution is 0.0951. The summed E-state index contributed by atoms with van der Waals surface area (Å²) >= 11 is 0. The summed E-state index contributed by atoms with van der Waals surface area (Å²) in [6.07, 6.45) is 4.00. The zero-order chi connectivity index (χ0) is 17.7. The summed E-state index contributed by atoms with van der Waals surface area (Å²) < 4.78 is 32.4. The third-order valence-electron chi connectivity index (χ3n) is 3.85. The van der Waals surface area contributed by atoms with Gasteiger partial charge in [-0.05, 0) is 42.3 Å². The van der Waals surface area contributed by atoms with Gasteiger partial charge in [-0.15, -0.1) is 0 Å². The minimum absolute atomic E-state index is 0.128. The van der Waals surface area contributed by atoms with Crippen molar-refractivity contribution >= 4 is 15.9 Å². The molecule has 2 N–H and O–H groups in total. The molecule has 132 valence electrons. The Morgan fingerprint density at radius 1 is 1.24 bits per heavy atom. The lowest BCUT2D eigenvalue weighted by atomic mass is 10.2. The maximum Gasteiger partial charge on any atom is 0.251 e. The van der Waals surface area contributed by atoms with Crippen molar-refractivity contribution in [2.75, 3.05) is 13.2 Å². The highest BCUT2D eigenvalue weighted by Gasteiger charge is 2.23. The molecule has 1 amide bonds. The summed E-state index contributed by atoms with van der Waals surface area (Å²) in [5, 5.41) is 2.77. The maximum atomic E-state index is 12.3. The molecule has 0 spiro atoms. The number of amides is 1. The van der Waals surface area contributed by atoms with E-state index in [-0.39, 0.29) is 16.8 Å². The minimum Gasteiger partial charge on any atom is -0.380 e. The Morgan fingerprint density at radius 3 is 2.68 bits per heavy atom. The SMILES string of the molecule is O=C(NCc1cccnc1)c1ccc(S(=O)(=O)NC2CCOC2)cc1. The number of nitrogens with zero attached hydrogens (tertiary/aromatic N) is 1. The fourth-order valence-electron chi connectivity index (χ4n) is 2.49. The Kier molecular flexibility index (Phi) is 5.42. The van der Waals surface area contributed by atoms with Crippen molar-refractivity contribution in [2.45, 2.75) is 23.9 Å². The highest BCUT2D eigenvalue weighted by Crippen LogP contribution is 2.14. The van der Waals surface area contributed by atoms with E-state index in [1.54, 1.807) is 18.5 Å². The third kappa shape index (κ3) is 4.62. The first-order chi connectivity index (χ1) is 12.0. The number of aromatic nitrogens is 1. The molecule has 1 saturated heterocycles. The van der Waals surface area contributed by atoms with Gasteiger partial charge in [0.25, 0.3) is 5.91 Å². The lowest BCUT2D eigenvalue weighted by Crippen LogP contribution is -2.35. The van der Waals surface area contributed by atoms with Gasteiger partial charge in [0.15, 0.2) is 0 Å². The molecule has 1 aromatic heterocycles. The molecule has 0 aliphatic carbocycles. The van der Waals surface area contributed by atoms with Crippen LogP contribution < -0.4 is 10.0 Å². The Bertz CT molecular complexity index is 817. The number of rotatable bonds is 6. The molecule has 0 bridgehead atoms. The molecule has 1 fully saturated rings. The summed E-state index contributed by atoms with van der Waals surface area (Å²) in [6.45, 7) is 1.30. The van der Waals surface area contributed by atoms with E-state index < -0.39 is 10.0 Å². The van der Waals surface area contributed by atoms with Gasteiger partial charge in [-0.2, -0.15) is 0 Å². The summed E-state index contributed by atoms with van der Waals surface area (Å²) in [5.74, 6) is -0.273. The van der Waals surface area contributed by atoms with Crippen molar-refractivity contribution in [2.24, 2.45) is 0 Å². The van der Waals surface area contributed by atoms with Crippen molar-refractivity contribution in [3.8, 4) is 0 Å². The van der Waals surface area contributed by atoms with Crippen LogP contribution in [0.4, 0.5) is 0 Å². The fourth-order valence-corrected chi connectivity index (χ4v) is 3.74. The zero-order valence-corrected chi connectivity index (χ0v) is 14.3. The monoisotopic (exact) mass is 361 g/mol. The Hall–Kier alpha value is -2.29. The summed E-state index contributed by atoms with van der Waals surface area (Å²) in [4.78, 5) is 16.3. The second kappa shape index (κ2) is 7.73. The average molecular weight is 361 g/mol. The first-order valence-corrected chi connectivity index (χ1v) is 9.40. The van der Waals surface area contributed by atoms with Crippen LogP contribution in [0, 0.1) is 0 Å².